The summed E-state index contributed by atoms with van der Waals surface area (Å²) in [5.74, 6) is 0.390. The number of hydrogen-bond acceptors (Lipinski definition) is 3. The Morgan fingerprint density at radius 3 is 3.00 bits per heavy atom. The number of rotatable bonds is 4. The number of nitrogens with one attached hydrogen (secondary N) is 2. The average Bonchev–Trinajstić information content (AvgIpc) is 2.86. The van der Waals surface area contributed by atoms with Crippen LogP contribution in [0.1, 0.15) is 19.3 Å². The fourth-order valence-corrected chi connectivity index (χ4v) is 4.05. The van der Waals surface area contributed by atoms with Crippen LogP contribution in [0.15, 0.2) is 17.3 Å². The maximum atomic E-state index is 11.9. The smallest absolute Gasteiger partial charge is 0.243 e. The summed E-state index contributed by atoms with van der Waals surface area (Å²) < 4.78 is 26.6. The number of H-pyrrole nitrogens is 1. The van der Waals surface area contributed by atoms with Crippen molar-refractivity contribution < 1.29 is 8.42 Å². The maximum Gasteiger partial charge on any atom is 0.243 e. The first-order chi connectivity index (χ1) is 7.63. The Labute approximate surface area is 103 Å². The highest BCUT2D eigenvalue weighted by Crippen LogP contribution is 2.28. The third-order valence-corrected chi connectivity index (χ3v) is 5.24. The molecule has 0 saturated heterocycles. The summed E-state index contributed by atoms with van der Waals surface area (Å²) in [4.78, 5) is 0.202. The highest BCUT2D eigenvalue weighted by molar-refractivity contribution is 9.09. The Hall–Kier alpha value is -0.400. The third-order valence-electron chi connectivity index (χ3n) is 2.95. The Bertz CT molecular complexity index is 432. The monoisotopic (exact) mass is 307 g/mol. The van der Waals surface area contributed by atoms with Crippen molar-refractivity contribution in [2.75, 3.05) is 5.33 Å². The van der Waals surface area contributed by atoms with Gasteiger partial charge < -0.3 is 0 Å². The Morgan fingerprint density at radius 2 is 2.38 bits per heavy atom. The van der Waals surface area contributed by atoms with Crippen molar-refractivity contribution in [1.82, 2.24) is 14.9 Å². The molecule has 16 heavy (non-hydrogen) atoms. The van der Waals surface area contributed by atoms with E-state index in [9.17, 15) is 8.42 Å². The van der Waals surface area contributed by atoms with Gasteiger partial charge in [-0.25, -0.2) is 13.1 Å². The van der Waals surface area contributed by atoms with E-state index in [-0.39, 0.29) is 10.9 Å². The van der Waals surface area contributed by atoms with E-state index in [1.165, 1.54) is 12.4 Å². The topological polar surface area (TPSA) is 74.8 Å². The molecule has 0 amide bonds. The molecule has 1 aliphatic rings. The van der Waals surface area contributed by atoms with Crippen LogP contribution in [-0.2, 0) is 10.0 Å². The zero-order valence-electron chi connectivity index (χ0n) is 8.69. The van der Waals surface area contributed by atoms with Gasteiger partial charge in [0.15, 0.2) is 0 Å². The summed E-state index contributed by atoms with van der Waals surface area (Å²) >= 11 is 3.42. The first-order valence-electron chi connectivity index (χ1n) is 5.20. The lowest BCUT2D eigenvalue weighted by molar-refractivity contribution is 0.484. The van der Waals surface area contributed by atoms with Crippen molar-refractivity contribution >= 4 is 26.0 Å². The summed E-state index contributed by atoms with van der Waals surface area (Å²) in [6.07, 6.45) is 5.77. The van der Waals surface area contributed by atoms with E-state index < -0.39 is 10.0 Å². The fraction of sp³-hybridized carbons (Fsp3) is 0.667. The number of nitrogens with zero attached hydrogens (tertiary/aromatic N) is 1. The molecule has 2 N–H and O–H groups in total. The third kappa shape index (κ3) is 2.46. The molecular formula is C9H14BrN3O2S. The summed E-state index contributed by atoms with van der Waals surface area (Å²) in [6, 6.07) is 0.0410. The largest absolute Gasteiger partial charge is 0.284 e. The van der Waals surface area contributed by atoms with Gasteiger partial charge >= 0.3 is 0 Å². The Kier molecular flexibility index (Phi) is 3.66. The van der Waals surface area contributed by atoms with Crippen LogP contribution in [0.4, 0.5) is 0 Å². The van der Waals surface area contributed by atoms with Gasteiger partial charge in [0, 0.05) is 17.6 Å². The van der Waals surface area contributed by atoms with Gasteiger partial charge in [-0.3, -0.25) is 5.10 Å². The number of aromatic amines is 1. The zero-order chi connectivity index (χ0) is 11.6. The summed E-state index contributed by atoms with van der Waals surface area (Å²) in [5.41, 5.74) is 0. The van der Waals surface area contributed by atoms with Crippen molar-refractivity contribution in [2.45, 2.75) is 30.2 Å². The lowest BCUT2D eigenvalue weighted by Crippen LogP contribution is -2.37. The van der Waals surface area contributed by atoms with Gasteiger partial charge in [-0.2, -0.15) is 5.10 Å². The van der Waals surface area contributed by atoms with Crippen LogP contribution < -0.4 is 4.72 Å². The lowest BCUT2D eigenvalue weighted by Gasteiger charge is -2.18. The van der Waals surface area contributed by atoms with Crippen molar-refractivity contribution in [3.05, 3.63) is 12.4 Å². The normalized spacial score (nSPS) is 26.1. The molecule has 0 spiro atoms. The van der Waals surface area contributed by atoms with Crippen LogP contribution >= 0.6 is 15.9 Å². The first kappa shape index (κ1) is 12.1. The summed E-state index contributed by atoms with van der Waals surface area (Å²) in [5, 5.41) is 7.00. The molecule has 1 fully saturated rings. The molecular weight excluding hydrogens is 294 g/mol. The second kappa shape index (κ2) is 4.85. The minimum Gasteiger partial charge on any atom is -0.284 e. The van der Waals surface area contributed by atoms with Crippen LogP contribution in [0.2, 0.25) is 0 Å². The van der Waals surface area contributed by atoms with Crippen LogP contribution in [0.5, 0.6) is 0 Å². The highest BCUT2D eigenvalue weighted by Gasteiger charge is 2.30. The zero-order valence-corrected chi connectivity index (χ0v) is 11.1. The van der Waals surface area contributed by atoms with E-state index in [2.05, 4.69) is 30.8 Å². The van der Waals surface area contributed by atoms with Crippen LogP contribution in [0, 0.1) is 5.92 Å². The number of aromatic nitrogens is 2. The first-order valence-corrected chi connectivity index (χ1v) is 7.81. The maximum absolute atomic E-state index is 11.9. The van der Waals surface area contributed by atoms with Gasteiger partial charge in [-0.15, -0.1) is 0 Å². The van der Waals surface area contributed by atoms with Gasteiger partial charge in [-0.05, 0) is 18.8 Å². The van der Waals surface area contributed by atoms with E-state index in [0.29, 0.717) is 5.92 Å². The predicted octanol–water partition coefficient (Wildman–Crippen LogP) is 1.25. The Balaban J connectivity index is 2.10. The van der Waals surface area contributed by atoms with E-state index in [1.54, 1.807) is 0 Å². The molecule has 1 aliphatic carbocycles. The molecule has 1 aromatic heterocycles. The lowest BCUT2D eigenvalue weighted by atomic mass is 10.1. The molecule has 1 aromatic rings. The van der Waals surface area contributed by atoms with E-state index in [4.69, 9.17) is 0 Å². The minimum absolute atomic E-state index is 0.0410. The summed E-state index contributed by atoms with van der Waals surface area (Å²) in [6.45, 7) is 0. The molecule has 1 heterocycles. The second-order valence-corrected chi connectivity index (χ2v) is 6.37. The van der Waals surface area contributed by atoms with Crippen molar-refractivity contribution in [3.63, 3.8) is 0 Å². The molecule has 0 bridgehead atoms. The quantitative estimate of drug-likeness (QED) is 0.822. The molecule has 0 aromatic carbocycles. The number of hydrogen-bond donors (Lipinski definition) is 2. The highest BCUT2D eigenvalue weighted by atomic mass is 79.9. The minimum atomic E-state index is -3.41. The van der Waals surface area contributed by atoms with Gasteiger partial charge in [0.25, 0.3) is 0 Å². The predicted molar refractivity (Wildman–Crippen MR) is 63.8 cm³/mol. The molecule has 0 radical (unpaired) electrons. The standard InChI is InChI=1S/C9H14BrN3O2S/c10-4-7-2-1-3-9(7)13-16(14,15)8-5-11-12-6-8/h5-7,9,13H,1-4H2,(H,11,12). The molecule has 1 saturated carbocycles. The molecule has 90 valence electrons. The van der Waals surface area contributed by atoms with Crippen LogP contribution in [0.3, 0.4) is 0 Å². The van der Waals surface area contributed by atoms with Crippen molar-refractivity contribution in [3.8, 4) is 0 Å². The van der Waals surface area contributed by atoms with E-state index in [0.717, 1.165) is 24.6 Å². The molecule has 5 nitrogen and oxygen atoms in total. The van der Waals surface area contributed by atoms with Crippen molar-refractivity contribution in [1.29, 1.82) is 0 Å². The Morgan fingerprint density at radius 1 is 1.56 bits per heavy atom. The number of halogens is 1. The van der Waals surface area contributed by atoms with E-state index in [1.807, 2.05) is 0 Å². The van der Waals surface area contributed by atoms with Crippen LogP contribution in [0.25, 0.3) is 0 Å². The summed E-state index contributed by atoms with van der Waals surface area (Å²) in [7, 11) is -3.41. The fourth-order valence-electron chi connectivity index (χ4n) is 2.03. The number of sulfonamides is 1. The molecule has 0 aliphatic heterocycles. The van der Waals surface area contributed by atoms with E-state index >= 15 is 0 Å². The average molecular weight is 308 g/mol. The molecule has 2 rings (SSSR count). The van der Waals surface area contributed by atoms with Gasteiger partial charge in [0.05, 0.1) is 6.20 Å². The molecule has 7 heteroatoms. The SMILES string of the molecule is O=S(=O)(NC1CCCC1CBr)c1cn[nH]c1. The second-order valence-electron chi connectivity index (χ2n) is 4.01. The van der Waals surface area contributed by atoms with Crippen LogP contribution in [-0.4, -0.2) is 30.0 Å². The van der Waals surface area contributed by atoms with Gasteiger partial charge in [-0.1, -0.05) is 22.4 Å². The number of alkyl halides is 1. The van der Waals surface area contributed by atoms with Gasteiger partial charge in [0.1, 0.15) is 4.90 Å². The van der Waals surface area contributed by atoms with Gasteiger partial charge in [0.2, 0.25) is 10.0 Å². The molecule has 2 atom stereocenters. The molecule has 2 unspecified atom stereocenters. The van der Waals surface area contributed by atoms with Crippen molar-refractivity contribution in [2.24, 2.45) is 5.92 Å².